The molecule has 382 valence electrons. The number of nitrogens with one attached hydrogen (secondary N) is 2. The van der Waals surface area contributed by atoms with Crippen LogP contribution in [-0.4, -0.2) is 131 Å². The number of benzene rings is 4. The van der Waals surface area contributed by atoms with E-state index in [0.29, 0.717) is 33.5 Å². The van der Waals surface area contributed by atoms with Gasteiger partial charge in [-0.25, -0.2) is 4.98 Å². The molecule has 0 bridgehead atoms. The van der Waals surface area contributed by atoms with Crippen LogP contribution in [0, 0.1) is 5.92 Å². The summed E-state index contributed by atoms with van der Waals surface area (Å²) < 4.78 is 14.2. The molecule has 2 aliphatic rings. The van der Waals surface area contributed by atoms with Gasteiger partial charge >= 0.3 is 0 Å². The van der Waals surface area contributed by atoms with Gasteiger partial charge in [-0.2, -0.15) is 0 Å². The SMILES string of the molecule is COC[C@@H]1NC(=O)[C@H](C)N(Cc2ccc(Cl)cc2Oc2ccc(-c3cnc(C4CCCN4C)n3C)cc2)C(=O)C[C@@H](Cc2ccccc2)C(=O)N(C)[C@@H](C)CNC(=O)C[C@H](Cc2ccc(Cl)cc2)N(C)C1=O. The number of amides is 5. The number of hydrogen-bond donors (Lipinski definition) is 2. The topological polar surface area (TPSA) is 159 Å². The lowest BCUT2D eigenvalue weighted by Gasteiger charge is -2.35. The van der Waals surface area contributed by atoms with E-state index in [1.54, 1.807) is 56.3 Å². The highest BCUT2D eigenvalue weighted by Gasteiger charge is 2.37. The van der Waals surface area contributed by atoms with Gasteiger partial charge in [0.05, 0.1) is 37.0 Å². The zero-order valence-electron chi connectivity index (χ0n) is 42.1. The van der Waals surface area contributed by atoms with E-state index in [4.69, 9.17) is 37.7 Å². The van der Waals surface area contributed by atoms with Gasteiger partial charge in [0.1, 0.15) is 29.4 Å². The first-order valence-corrected chi connectivity index (χ1v) is 25.2. The first kappa shape index (κ1) is 53.5. The van der Waals surface area contributed by atoms with Gasteiger partial charge < -0.3 is 39.4 Å². The van der Waals surface area contributed by atoms with Crippen LogP contribution >= 0.6 is 23.2 Å². The van der Waals surface area contributed by atoms with E-state index in [-0.39, 0.29) is 56.8 Å². The summed E-state index contributed by atoms with van der Waals surface area (Å²) in [6, 6.07) is 26.1. The van der Waals surface area contributed by atoms with Crippen molar-refractivity contribution < 1.29 is 33.4 Å². The Kier molecular flexibility index (Phi) is 18.2. The molecule has 4 aromatic carbocycles. The predicted molar refractivity (Wildman–Crippen MR) is 278 cm³/mol. The highest BCUT2D eigenvalue weighted by Crippen LogP contribution is 2.35. The van der Waals surface area contributed by atoms with Crippen molar-refractivity contribution in [2.75, 3.05) is 47.9 Å². The van der Waals surface area contributed by atoms with E-state index in [0.717, 1.165) is 47.6 Å². The molecule has 0 spiro atoms. The van der Waals surface area contributed by atoms with Crippen LogP contribution in [0.3, 0.4) is 0 Å². The van der Waals surface area contributed by atoms with Crippen LogP contribution in [0.15, 0.2) is 103 Å². The molecule has 2 fully saturated rings. The van der Waals surface area contributed by atoms with Gasteiger partial charge in [-0.1, -0.05) is 71.7 Å². The number of aromatic nitrogens is 2. The molecule has 2 aliphatic heterocycles. The molecule has 0 radical (unpaired) electrons. The zero-order valence-corrected chi connectivity index (χ0v) is 43.7. The van der Waals surface area contributed by atoms with Crippen molar-refractivity contribution in [3.63, 3.8) is 0 Å². The summed E-state index contributed by atoms with van der Waals surface area (Å²) in [4.78, 5) is 84.0. The number of imidazole rings is 1. The van der Waals surface area contributed by atoms with Crippen molar-refractivity contribution in [2.45, 2.75) is 89.1 Å². The van der Waals surface area contributed by atoms with Crippen molar-refractivity contribution >= 4 is 52.7 Å². The van der Waals surface area contributed by atoms with Gasteiger partial charge in [-0.05, 0) is 113 Å². The number of carbonyl (C=O) groups is 5. The Morgan fingerprint density at radius 2 is 1.47 bits per heavy atom. The molecule has 3 heterocycles. The second-order valence-corrected chi connectivity index (χ2v) is 20.0. The third-order valence-corrected chi connectivity index (χ3v) is 14.6. The third-order valence-electron chi connectivity index (χ3n) is 14.1. The molecule has 15 nitrogen and oxygen atoms in total. The summed E-state index contributed by atoms with van der Waals surface area (Å²) in [5.74, 6) is -1.20. The van der Waals surface area contributed by atoms with Gasteiger partial charge in [0.25, 0.3) is 0 Å². The number of carbonyl (C=O) groups excluding carboxylic acids is 5. The van der Waals surface area contributed by atoms with Crippen LogP contribution < -0.4 is 15.4 Å². The smallest absolute Gasteiger partial charge is 0.247 e. The standard InChI is InChI=1S/C55H66Cl2N8O7/c1-35-31-58-50(66)30-44(27-38-15-20-42(56)21-16-38)63(5)55(70)46(34-71-7)60-53(68)36(2)65(51(67)28-41(54(69)62(35)4)26-37-12-9-8-10-13-37)33-40-17-22-43(57)29-49(40)72-45-23-18-39(19-24-45)48-32-59-52(64(48)6)47-14-11-25-61(47)3/h8-10,12-13,15-24,29,32,35-36,41,44,46-47H,11,14,25-28,30-31,33-34H2,1-7H3,(H,58,66)(H,60,68)/t35-,36-,41+,44-,46-,47?/m0/s1. The second kappa shape index (κ2) is 24.4. The van der Waals surface area contributed by atoms with Crippen molar-refractivity contribution in [3.05, 3.63) is 136 Å². The Morgan fingerprint density at radius 1 is 0.778 bits per heavy atom. The molecule has 7 rings (SSSR count). The van der Waals surface area contributed by atoms with Gasteiger partial charge in [0, 0.05) is 80.9 Å². The largest absolute Gasteiger partial charge is 0.457 e. The number of rotatable bonds is 12. The van der Waals surface area contributed by atoms with Gasteiger partial charge in [0.15, 0.2) is 0 Å². The average molecular weight is 1020 g/mol. The molecule has 5 amide bonds. The highest BCUT2D eigenvalue weighted by molar-refractivity contribution is 6.31. The summed E-state index contributed by atoms with van der Waals surface area (Å²) in [7, 11) is 8.83. The fraction of sp³-hybridized carbons (Fsp3) is 0.418. The number of ether oxygens (including phenoxy) is 2. The minimum absolute atomic E-state index is 0.0720. The van der Waals surface area contributed by atoms with E-state index in [1.807, 2.05) is 86.9 Å². The van der Waals surface area contributed by atoms with Gasteiger partial charge in [-0.15, -0.1) is 0 Å². The van der Waals surface area contributed by atoms with E-state index in [1.165, 1.54) is 16.9 Å². The number of halogens is 2. The van der Waals surface area contributed by atoms with Crippen LogP contribution in [0.1, 0.15) is 68.1 Å². The molecule has 72 heavy (non-hydrogen) atoms. The van der Waals surface area contributed by atoms with Gasteiger partial charge in [-0.3, -0.25) is 28.9 Å². The van der Waals surface area contributed by atoms with Crippen molar-refractivity contribution in [1.29, 1.82) is 0 Å². The summed E-state index contributed by atoms with van der Waals surface area (Å²) in [6.07, 6.45) is 4.29. The monoisotopic (exact) mass is 1020 g/mol. The zero-order chi connectivity index (χ0) is 51.6. The minimum Gasteiger partial charge on any atom is -0.457 e. The molecule has 1 aromatic heterocycles. The Morgan fingerprint density at radius 3 is 2.15 bits per heavy atom. The summed E-state index contributed by atoms with van der Waals surface area (Å²) in [6.45, 7) is 4.26. The van der Waals surface area contributed by atoms with Crippen LogP contribution in [0.5, 0.6) is 11.5 Å². The quantitative estimate of drug-likeness (QED) is 0.129. The van der Waals surface area contributed by atoms with E-state index >= 15 is 4.79 Å². The second-order valence-electron chi connectivity index (χ2n) is 19.1. The minimum atomic E-state index is -1.19. The first-order chi connectivity index (χ1) is 34.5. The fourth-order valence-electron chi connectivity index (χ4n) is 9.54. The van der Waals surface area contributed by atoms with Crippen molar-refractivity contribution in [3.8, 4) is 22.8 Å². The maximum atomic E-state index is 15.1. The lowest BCUT2D eigenvalue weighted by atomic mass is 9.93. The molecule has 2 N–H and O–H groups in total. The number of likely N-dealkylation sites (tertiary alicyclic amines) is 1. The first-order valence-electron chi connectivity index (χ1n) is 24.5. The predicted octanol–water partition coefficient (Wildman–Crippen LogP) is 7.49. The number of nitrogens with zero attached hydrogens (tertiary/aromatic N) is 6. The van der Waals surface area contributed by atoms with Crippen molar-refractivity contribution in [1.82, 2.24) is 39.8 Å². The molecule has 0 aliphatic carbocycles. The average Bonchev–Trinajstić information content (AvgIpc) is 3.98. The summed E-state index contributed by atoms with van der Waals surface area (Å²) in [5, 5.41) is 6.77. The van der Waals surface area contributed by atoms with Gasteiger partial charge in [0.2, 0.25) is 29.5 Å². The number of methoxy groups -OCH3 is 1. The summed E-state index contributed by atoms with van der Waals surface area (Å²) in [5.41, 5.74) is 4.16. The Bertz CT molecular complexity index is 2680. The molecule has 6 atom stereocenters. The molecule has 5 aromatic rings. The Hall–Kier alpha value is -6.26. The van der Waals surface area contributed by atoms with Crippen LogP contribution in [-0.2, 0) is 55.1 Å². The molecular weight excluding hydrogens is 956 g/mol. The lowest BCUT2D eigenvalue weighted by Crippen LogP contribution is -2.57. The van der Waals surface area contributed by atoms with Crippen molar-refractivity contribution in [2.24, 2.45) is 13.0 Å². The molecule has 1 unspecified atom stereocenters. The van der Waals surface area contributed by atoms with E-state index in [9.17, 15) is 19.2 Å². The highest BCUT2D eigenvalue weighted by atomic mass is 35.5. The fourth-order valence-corrected chi connectivity index (χ4v) is 9.83. The van der Waals surface area contributed by atoms with Crippen LogP contribution in [0.25, 0.3) is 11.3 Å². The molecule has 2 saturated heterocycles. The number of hydrogen-bond acceptors (Lipinski definition) is 9. The van der Waals surface area contributed by atoms with Crippen LogP contribution in [0.2, 0.25) is 10.0 Å². The molecule has 0 saturated carbocycles. The van der Waals surface area contributed by atoms with E-state index in [2.05, 4.69) is 27.1 Å². The summed E-state index contributed by atoms with van der Waals surface area (Å²) >= 11 is 12.8. The van der Waals surface area contributed by atoms with Crippen LogP contribution in [0.4, 0.5) is 0 Å². The molecular formula is C55H66Cl2N8O7. The normalized spacial score (nSPS) is 22.4. The van der Waals surface area contributed by atoms with E-state index < -0.39 is 47.8 Å². The maximum absolute atomic E-state index is 15.1. The number of likely N-dealkylation sites (N-methyl/N-ethyl adjacent to an activating group) is 2. The Labute approximate surface area is 432 Å². The Balaban J connectivity index is 1.21. The molecule has 17 heteroatoms. The third kappa shape index (κ3) is 13.2. The maximum Gasteiger partial charge on any atom is 0.247 e. The lowest BCUT2D eigenvalue weighted by molar-refractivity contribution is -0.147.